The molecule has 1 saturated heterocycles. The van der Waals surface area contributed by atoms with Crippen molar-refractivity contribution in [2.75, 3.05) is 19.8 Å². The number of hydrogen-bond acceptors (Lipinski definition) is 3. The van der Waals surface area contributed by atoms with Crippen molar-refractivity contribution in [2.24, 2.45) is 0 Å². The number of ether oxygens (including phenoxy) is 2. The number of carbonyl (C=O) groups excluding carboxylic acids is 1. The summed E-state index contributed by atoms with van der Waals surface area (Å²) in [5.41, 5.74) is 0.410. The Balaban J connectivity index is 2.13. The summed E-state index contributed by atoms with van der Waals surface area (Å²) in [6, 6.07) is 0. The van der Waals surface area contributed by atoms with Gasteiger partial charge in [-0.15, -0.1) is 0 Å². The van der Waals surface area contributed by atoms with Gasteiger partial charge < -0.3 is 9.47 Å². The van der Waals surface area contributed by atoms with Gasteiger partial charge in [-0.3, -0.25) is 4.79 Å². The monoisotopic (exact) mass is 266 g/mol. The van der Waals surface area contributed by atoms with E-state index >= 15 is 0 Å². The molecule has 1 aliphatic heterocycles. The summed E-state index contributed by atoms with van der Waals surface area (Å²) in [6.07, 6.45) is 10.4. The summed E-state index contributed by atoms with van der Waals surface area (Å²) >= 11 is 0. The molecule has 0 aromatic heterocycles. The fraction of sp³-hybridized carbons (Fsp3) is 0.812. The molecule has 3 heteroatoms. The maximum atomic E-state index is 12.9. The van der Waals surface area contributed by atoms with E-state index in [4.69, 9.17) is 9.47 Å². The van der Waals surface area contributed by atoms with Crippen molar-refractivity contribution >= 4 is 5.78 Å². The predicted octanol–water partition coefficient (Wildman–Crippen LogP) is 3.42. The van der Waals surface area contributed by atoms with E-state index < -0.39 is 5.60 Å². The predicted molar refractivity (Wildman–Crippen MR) is 75.2 cm³/mol. The lowest BCUT2D eigenvalue weighted by atomic mass is 9.82. The maximum Gasteiger partial charge on any atom is 0.190 e. The van der Waals surface area contributed by atoms with E-state index in [0.717, 1.165) is 24.8 Å². The highest BCUT2D eigenvalue weighted by Gasteiger charge is 2.41. The average molecular weight is 266 g/mol. The van der Waals surface area contributed by atoms with E-state index in [1.807, 2.05) is 6.92 Å². The molecule has 0 bridgehead atoms. The van der Waals surface area contributed by atoms with Crippen molar-refractivity contribution in [3.05, 3.63) is 11.6 Å². The Hall–Kier alpha value is -0.670. The summed E-state index contributed by atoms with van der Waals surface area (Å²) in [5, 5.41) is 0. The minimum absolute atomic E-state index is 0.236. The van der Waals surface area contributed by atoms with Crippen molar-refractivity contribution in [3.63, 3.8) is 0 Å². The molecule has 1 heterocycles. The third-order valence-electron chi connectivity index (χ3n) is 4.22. The molecule has 0 aromatic carbocycles. The van der Waals surface area contributed by atoms with Crippen LogP contribution in [0.5, 0.6) is 0 Å². The third-order valence-corrected chi connectivity index (χ3v) is 4.22. The largest absolute Gasteiger partial charge is 0.381 e. The van der Waals surface area contributed by atoms with Gasteiger partial charge in [0.15, 0.2) is 5.78 Å². The van der Waals surface area contributed by atoms with Crippen molar-refractivity contribution < 1.29 is 14.3 Å². The summed E-state index contributed by atoms with van der Waals surface area (Å²) in [7, 11) is 0. The maximum absolute atomic E-state index is 12.9. The van der Waals surface area contributed by atoms with E-state index in [9.17, 15) is 4.79 Å². The first-order chi connectivity index (χ1) is 9.28. The van der Waals surface area contributed by atoms with Gasteiger partial charge in [-0.05, 0) is 38.2 Å². The molecule has 0 aromatic rings. The highest BCUT2D eigenvalue weighted by Crippen LogP contribution is 2.31. The summed E-state index contributed by atoms with van der Waals surface area (Å²) < 4.78 is 11.3. The van der Waals surface area contributed by atoms with Crippen LogP contribution < -0.4 is 0 Å². The van der Waals surface area contributed by atoms with Crippen LogP contribution in [0.2, 0.25) is 0 Å². The van der Waals surface area contributed by atoms with Crippen LogP contribution in [-0.2, 0) is 14.3 Å². The smallest absolute Gasteiger partial charge is 0.190 e. The molecular formula is C16H26O3. The van der Waals surface area contributed by atoms with Crippen LogP contribution in [0.15, 0.2) is 11.6 Å². The zero-order chi connectivity index (χ0) is 13.6. The lowest BCUT2D eigenvalue weighted by Gasteiger charge is -2.36. The molecule has 108 valence electrons. The van der Waals surface area contributed by atoms with Crippen LogP contribution in [0.1, 0.15) is 58.3 Å². The quantitative estimate of drug-likeness (QED) is 0.782. The van der Waals surface area contributed by atoms with Crippen molar-refractivity contribution in [1.82, 2.24) is 0 Å². The number of Topliss-reactive ketones (excluding diaryl/α,β-unsaturated/α-hetero) is 1. The van der Waals surface area contributed by atoms with Gasteiger partial charge in [0.25, 0.3) is 0 Å². The SMILES string of the molecule is CCOC1(C(=O)C2=CCCCCCC2)CCOCC1. The van der Waals surface area contributed by atoms with Gasteiger partial charge in [-0.2, -0.15) is 0 Å². The average Bonchev–Trinajstić information content (AvgIpc) is 2.39. The van der Waals surface area contributed by atoms with Crippen LogP contribution in [0.3, 0.4) is 0 Å². The van der Waals surface area contributed by atoms with Gasteiger partial charge in [0, 0.05) is 32.7 Å². The van der Waals surface area contributed by atoms with Crippen LogP contribution in [-0.4, -0.2) is 31.2 Å². The normalized spacial score (nSPS) is 24.2. The molecule has 0 radical (unpaired) electrons. The fourth-order valence-corrected chi connectivity index (χ4v) is 3.10. The van der Waals surface area contributed by atoms with E-state index in [-0.39, 0.29) is 5.78 Å². The van der Waals surface area contributed by atoms with Crippen molar-refractivity contribution in [2.45, 2.75) is 63.9 Å². The second kappa shape index (κ2) is 7.20. The van der Waals surface area contributed by atoms with E-state index in [1.165, 1.54) is 19.3 Å². The van der Waals surface area contributed by atoms with Crippen molar-refractivity contribution in [1.29, 1.82) is 0 Å². The Kier molecular flexibility index (Phi) is 5.59. The van der Waals surface area contributed by atoms with Crippen LogP contribution >= 0.6 is 0 Å². The molecule has 2 aliphatic rings. The van der Waals surface area contributed by atoms with Crippen LogP contribution in [0.25, 0.3) is 0 Å². The summed E-state index contributed by atoms with van der Waals surface area (Å²) in [4.78, 5) is 12.9. The van der Waals surface area contributed by atoms with Gasteiger partial charge >= 0.3 is 0 Å². The number of ketones is 1. The van der Waals surface area contributed by atoms with Crippen LogP contribution in [0.4, 0.5) is 0 Å². The molecule has 0 unspecified atom stereocenters. The Morgan fingerprint density at radius 2 is 2.00 bits per heavy atom. The Morgan fingerprint density at radius 1 is 1.26 bits per heavy atom. The van der Waals surface area contributed by atoms with E-state index in [2.05, 4.69) is 6.08 Å². The van der Waals surface area contributed by atoms with Gasteiger partial charge in [-0.25, -0.2) is 0 Å². The Labute approximate surface area is 116 Å². The zero-order valence-electron chi connectivity index (χ0n) is 12.1. The molecule has 0 saturated carbocycles. The molecular weight excluding hydrogens is 240 g/mol. The first-order valence-electron chi connectivity index (χ1n) is 7.74. The van der Waals surface area contributed by atoms with E-state index in [0.29, 0.717) is 32.7 Å². The van der Waals surface area contributed by atoms with Gasteiger partial charge in [0.1, 0.15) is 5.60 Å². The number of hydrogen-bond donors (Lipinski definition) is 0. The highest BCUT2D eigenvalue weighted by atomic mass is 16.5. The second-order valence-corrected chi connectivity index (χ2v) is 5.55. The number of allylic oxidation sites excluding steroid dienone is 1. The molecule has 0 amide bonds. The Morgan fingerprint density at radius 3 is 2.74 bits per heavy atom. The molecule has 2 rings (SSSR count). The second-order valence-electron chi connectivity index (χ2n) is 5.55. The summed E-state index contributed by atoms with van der Waals surface area (Å²) in [5.74, 6) is 0.236. The standard InChI is InChI=1S/C16H26O3/c1-2-19-16(10-12-18-13-11-16)15(17)14-8-6-4-3-5-7-9-14/h8H,2-7,9-13H2,1H3. The number of rotatable bonds is 4. The Bertz CT molecular complexity index is 321. The van der Waals surface area contributed by atoms with Gasteiger partial charge in [0.2, 0.25) is 0 Å². The third kappa shape index (κ3) is 3.67. The first kappa shape index (κ1) is 14.7. The number of carbonyl (C=O) groups is 1. The minimum Gasteiger partial charge on any atom is -0.381 e. The summed E-state index contributed by atoms with van der Waals surface area (Å²) in [6.45, 7) is 3.84. The zero-order valence-corrected chi connectivity index (χ0v) is 12.1. The van der Waals surface area contributed by atoms with E-state index in [1.54, 1.807) is 0 Å². The molecule has 3 nitrogen and oxygen atoms in total. The van der Waals surface area contributed by atoms with Crippen molar-refractivity contribution in [3.8, 4) is 0 Å². The molecule has 0 atom stereocenters. The molecule has 1 fully saturated rings. The highest BCUT2D eigenvalue weighted by molar-refractivity contribution is 6.02. The molecule has 0 N–H and O–H groups in total. The minimum atomic E-state index is -0.599. The molecule has 19 heavy (non-hydrogen) atoms. The fourth-order valence-electron chi connectivity index (χ4n) is 3.10. The topological polar surface area (TPSA) is 35.5 Å². The van der Waals surface area contributed by atoms with Gasteiger partial charge in [0.05, 0.1) is 0 Å². The van der Waals surface area contributed by atoms with Crippen LogP contribution in [0, 0.1) is 0 Å². The lowest BCUT2D eigenvalue weighted by Crippen LogP contribution is -2.47. The lowest BCUT2D eigenvalue weighted by molar-refractivity contribution is -0.153. The first-order valence-corrected chi connectivity index (χ1v) is 7.74. The van der Waals surface area contributed by atoms with Gasteiger partial charge in [-0.1, -0.05) is 18.9 Å². The molecule has 0 spiro atoms. The molecule has 1 aliphatic carbocycles.